The van der Waals surface area contributed by atoms with Gasteiger partial charge >= 0.3 is 5.97 Å². The van der Waals surface area contributed by atoms with E-state index < -0.39 is 0 Å². The molecule has 1 unspecified atom stereocenters. The monoisotopic (exact) mass is 216 g/mol. The van der Waals surface area contributed by atoms with Gasteiger partial charge in [0.1, 0.15) is 5.25 Å². The Labute approximate surface area is 86.0 Å². The van der Waals surface area contributed by atoms with E-state index in [2.05, 4.69) is 15.5 Å². The van der Waals surface area contributed by atoms with Crippen LogP contribution in [0.5, 0.6) is 0 Å². The number of esters is 1. The van der Waals surface area contributed by atoms with Crippen LogP contribution in [0.1, 0.15) is 13.8 Å². The van der Waals surface area contributed by atoms with Gasteiger partial charge in [-0.25, -0.2) is 4.68 Å². The van der Waals surface area contributed by atoms with Gasteiger partial charge in [-0.15, -0.1) is 5.10 Å². The summed E-state index contributed by atoms with van der Waals surface area (Å²) in [7, 11) is 1.72. The first-order valence-corrected chi connectivity index (χ1v) is 5.08. The third-order valence-corrected chi connectivity index (χ3v) is 2.58. The Balaban J connectivity index is 2.52. The number of carbonyl (C=O) groups is 1. The third-order valence-electron chi connectivity index (χ3n) is 1.48. The highest BCUT2D eigenvalue weighted by atomic mass is 32.2. The highest BCUT2D eigenvalue weighted by Crippen LogP contribution is 2.19. The first-order chi connectivity index (χ1) is 6.65. The number of aromatic nitrogens is 4. The molecule has 1 rings (SSSR count). The van der Waals surface area contributed by atoms with E-state index in [-0.39, 0.29) is 11.2 Å². The summed E-state index contributed by atoms with van der Waals surface area (Å²) in [5, 5.41) is 11.2. The fourth-order valence-electron chi connectivity index (χ4n) is 0.787. The van der Waals surface area contributed by atoms with E-state index >= 15 is 0 Å². The molecule has 1 heterocycles. The average Bonchev–Trinajstić information content (AvgIpc) is 2.52. The molecule has 0 amide bonds. The average molecular weight is 216 g/mol. The molecular formula is C7H12N4O2S. The quantitative estimate of drug-likeness (QED) is 0.531. The van der Waals surface area contributed by atoms with Crippen LogP contribution in [0.4, 0.5) is 0 Å². The molecule has 0 aliphatic heterocycles. The van der Waals surface area contributed by atoms with E-state index in [1.807, 2.05) is 0 Å². The highest BCUT2D eigenvalue weighted by Gasteiger charge is 2.18. The van der Waals surface area contributed by atoms with Gasteiger partial charge in [0.25, 0.3) is 0 Å². The van der Waals surface area contributed by atoms with E-state index in [9.17, 15) is 4.79 Å². The van der Waals surface area contributed by atoms with Crippen molar-refractivity contribution >= 4 is 17.7 Å². The van der Waals surface area contributed by atoms with Crippen molar-refractivity contribution in [2.24, 2.45) is 7.05 Å². The molecule has 0 aromatic carbocycles. The molecular weight excluding hydrogens is 204 g/mol. The molecule has 7 heteroatoms. The standard InChI is InChI=1S/C7H12N4O2S/c1-4-13-6(12)5(2)14-7-8-9-10-11(7)3/h5H,4H2,1-3H3. The number of rotatable bonds is 4. The lowest BCUT2D eigenvalue weighted by molar-refractivity contribution is -0.142. The summed E-state index contributed by atoms with van der Waals surface area (Å²) in [6.45, 7) is 3.93. The van der Waals surface area contributed by atoms with Crippen molar-refractivity contribution in [3.05, 3.63) is 0 Å². The molecule has 1 aromatic rings. The van der Waals surface area contributed by atoms with Crippen LogP contribution in [0.3, 0.4) is 0 Å². The Morgan fingerprint density at radius 3 is 2.93 bits per heavy atom. The lowest BCUT2D eigenvalue weighted by atomic mass is 10.5. The lowest BCUT2D eigenvalue weighted by Crippen LogP contribution is -2.17. The van der Waals surface area contributed by atoms with Crippen LogP contribution in [-0.2, 0) is 16.6 Å². The van der Waals surface area contributed by atoms with Crippen molar-refractivity contribution in [2.45, 2.75) is 24.3 Å². The van der Waals surface area contributed by atoms with Crippen molar-refractivity contribution in [3.63, 3.8) is 0 Å². The van der Waals surface area contributed by atoms with Crippen LogP contribution in [0, 0.1) is 0 Å². The molecule has 0 radical (unpaired) electrons. The molecule has 0 aliphatic carbocycles. The van der Waals surface area contributed by atoms with E-state index in [1.165, 1.54) is 16.4 Å². The van der Waals surface area contributed by atoms with Gasteiger partial charge in [0.2, 0.25) is 5.16 Å². The normalized spacial score (nSPS) is 12.5. The maximum atomic E-state index is 11.3. The topological polar surface area (TPSA) is 69.9 Å². The van der Waals surface area contributed by atoms with Crippen LogP contribution in [0.2, 0.25) is 0 Å². The van der Waals surface area contributed by atoms with Gasteiger partial charge in [0.15, 0.2) is 0 Å². The molecule has 0 N–H and O–H groups in total. The number of aryl methyl sites for hydroxylation is 1. The number of nitrogens with zero attached hydrogens (tertiary/aromatic N) is 4. The number of hydrogen-bond donors (Lipinski definition) is 0. The van der Waals surface area contributed by atoms with Crippen LogP contribution < -0.4 is 0 Å². The minimum Gasteiger partial charge on any atom is -0.465 e. The van der Waals surface area contributed by atoms with Gasteiger partial charge in [0.05, 0.1) is 6.61 Å². The van der Waals surface area contributed by atoms with Gasteiger partial charge in [0, 0.05) is 7.05 Å². The number of carbonyl (C=O) groups excluding carboxylic acids is 1. The summed E-state index contributed by atoms with van der Waals surface area (Å²) < 4.78 is 6.37. The van der Waals surface area contributed by atoms with Crippen LogP contribution in [0.25, 0.3) is 0 Å². The molecule has 0 aliphatic rings. The van der Waals surface area contributed by atoms with Gasteiger partial charge in [-0.2, -0.15) is 0 Å². The number of thioether (sulfide) groups is 1. The summed E-state index contributed by atoms with van der Waals surface area (Å²) in [5.74, 6) is -0.250. The van der Waals surface area contributed by atoms with Crippen molar-refractivity contribution in [1.29, 1.82) is 0 Å². The molecule has 1 aromatic heterocycles. The Morgan fingerprint density at radius 2 is 2.43 bits per heavy atom. The smallest absolute Gasteiger partial charge is 0.319 e. The van der Waals surface area contributed by atoms with Crippen molar-refractivity contribution in [2.75, 3.05) is 6.61 Å². The largest absolute Gasteiger partial charge is 0.465 e. The van der Waals surface area contributed by atoms with Crippen molar-refractivity contribution < 1.29 is 9.53 Å². The van der Waals surface area contributed by atoms with Crippen molar-refractivity contribution in [1.82, 2.24) is 20.2 Å². The first-order valence-electron chi connectivity index (χ1n) is 4.20. The van der Waals surface area contributed by atoms with E-state index in [1.54, 1.807) is 20.9 Å². The SMILES string of the molecule is CCOC(=O)C(C)Sc1nnnn1C. The number of hydrogen-bond acceptors (Lipinski definition) is 6. The fourth-order valence-corrected chi connectivity index (χ4v) is 1.54. The lowest BCUT2D eigenvalue weighted by Gasteiger charge is -2.07. The zero-order valence-electron chi connectivity index (χ0n) is 8.30. The van der Waals surface area contributed by atoms with Crippen LogP contribution >= 0.6 is 11.8 Å². The number of tetrazole rings is 1. The maximum absolute atomic E-state index is 11.3. The molecule has 0 bridgehead atoms. The van der Waals surface area contributed by atoms with E-state index in [0.717, 1.165) is 0 Å². The predicted octanol–water partition coefficient (Wildman–Crippen LogP) is 0.254. The van der Waals surface area contributed by atoms with E-state index in [0.29, 0.717) is 11.8 Å². The molecule has 78 valence electrons. The van der Waals surface area contributed by atoms with Gasteiger partial charge < -0.3 is 4.74 Å². The molecule has 14 heavy (non-hydrogen) atoms. The second-order valence-corrected chi connectivity index (χ2v) is 3.91. The predicted molar refractivity (Wildman–Crippen MR) is 50.8 cm³/mol. The second-order valence-electron chi connectivity index (χ2n) is 2.60. The molecule has 6 nitrogen and oxygen atoms in total. The zero-order valence-corrected chi connectivity index (χ0v) is 9.11. The molecule has 0 saturated carbocycles. The summed E-state index contributed by atoms with van der Waals surface area (Å²) in [6, 6.07) is 0. The minimum absolute atomic E-state index is 0.250. The molecule has 1 atom stereocenters. The minimum atomic E-state index is -0.292. The van der Waals surface area contributed by atoms with Gasteiger partial charge in [-0.05, 0) is 24.3 Å². The summed E-state index contributed by atoms with van der Waals surface area (Å²) in [4.78, 5) is 11.3. The Hall–Kier alpha value is -1.11. The maximum Gasteiger partial charge on any atom is 0.319 e. The Bertz CT molecular complexity index is 314. The molecule has 0 fully saturated rings. The first kappa shape index (κ1) is 11.0. The molecule has 0 spiro atoms. The van der Waals surface area contributed by atoms with Crippen LogP contribution in [0.15, 0.2) is 5.16 Å². The van der Waals surface area contributed by atoms with Gasteiger partial charge in [-0.1, -0.05) is 11.8 Å². The fraction of sp³-hybridized carbons (Fsp3) is 0.714. The Morgan fingerprint density at radius 1 is 1.71 bits per heavy atom. The van der Waals surface area contributed by atoms with Crippen LogP contribution in [-0.4, -0.2) is 38.0 Å². The summed E-state index contributed by atoms with van der Waals surface area (Å²) >= 11 is 1.28. The third kappa shape index (κ3) is 2.69. The Kier molecular flexibility index (Phi) is 3.87. The summed E-state index contributed by atoms with van der Waals surface area (Å²) in [6.07, 6.45) is 0. The number of ether oxygens (including phenoxy) is 1. The highest BCUT2D eigenvalue weighted by molar-refractivity contribution is 8.00. The molecule has 0 saturated heterocycles. The van der Waals surface area contributed by atoms with Gasteiger partial charge in [-0.3, -0.25) is 4.79 Å². The zero-order chi connectivity index (χ0) is 10.6. The van der Waals surface area contributed by atoms with Crippen molar-refractivity contribution in [3.8, 4) is 0 Å². The summed E-state index contributed by atoms with van der Waals surface area (Å²) in [5.41, 5.74) is 0. The van der Waals surface area contributed by atoms with E-state index in [4.69, 9.17) is 4.74 Å². The second kappa shape index (κ2) is 4.94.